The van der Waals surface area contributed by atoms with Gasteiger partial charge in [-0.25, -0.2) is 0 Å². The summed E-state index contributed by atoms with van der Waals surface area (Å²) in [4.78, 5) is 25.6. The second kappa shape index (κ2) is 8.29. The summed E-state index contributed by atoms with van der Waals surface area (Å²) in [5.74, 6) is -0.174. The average Bonchev–Trinajstić information content (AvgIpc) is 2.71. The van der Waals surface area contributed by atoms with Gasteiger partial charge in [-0.15, -0.1) is 0 Å². The van der Waals surface area contributed by atoms with Crippen molar-refractivity contribution in [1.29, 1.82) is 0 Å². The lowest BCUT2D eigenvalue weighted by atomic mass is 9.83. The Morgan fingerprint density at radius 1 is 1.00 bits per heavy atom. The Balaban J connectivity index is 1.59. The third kappa shape index (κ3) is 4.07. The minimum absolute atomic E-state index is 0.0913. The predicted octanol–water partition coefficient (Wildman–Crippen LogP) is 6.42. The van der Waals surface area contributed by atoms with Crippen LogP contribution in [-0.4, -0.2) is 11.7 Å². The van der Waals surface area contributed by atoms with E-state index in [0.717, 1.165) is 34.2 Å². The molecular formula is C26H22ClNO2. The molecule has 3 aromatic carbocycles. The summed E-state index contributed by atoms with van der Waals surface area (Å²) in [7, 11) is 0. The number of aryl methyl sites for hydroxylation is 2. The molecule has 0 saturated heterocycles. The summed E-state index contributed by atoms with van der Waals surface area (Å²) >= 11 is 6.12. The molecule has 0 aliphatic heterocycles. The Morgan fingerprint density at radius 2 is 1.80 bits per heavy atom. The molecule has 0 spiro atoms. The number of amides is 1. The number of Topliss-reactive ketones (excluding diaryl/α,β-unsaturated/α-hetero) is 1. The first kappa shape index (κ1) is 20.1. The van der Waals surface area contributed by atoms with Gasteiger partial charge in [-0.1, -0.05) is 47.5 Å². The fourth-order valence-corrected chi connectivity index (χ4v) is 4.19. The van der Waals surface area contributed by atoms with Crippen LogP contribution in [0.5, 0.6) is 0 Å². The van der Waals surface area contributed by atoms with Gasteiger partial charge in [0.1, 0.15) is 0 Å². The fraction of sp³-hybridized carbons (Fsp3) is 0.154. The van der Waals surface area contributed by atoms with Crippen LogP contribution in [0.4, 0.5) is 5.69 Å². The summed E-state index contributed by atoms with van der Waals surface area (Å²) in [6.07, 6.45) is 3.50. The molecule has 1 aliphatic rings. The van der Waals surface area contributed by atoms with Crippen LogP contribution in [0, 0.1) is 13.8 Å². The van der Waals surface area contributed by atoms with Crippen LogP contribution in [0.25, 0.3) is 6.08 Å². The lowest BCUT2D eigenvalue weighted by Gasteiger charge is -2.20. The normalized spacial score (nSPS) is 14.5. The van der Waals surface area contributed by atoms with Gasteiger partial charge < -0.3 is 5.32 Å². The van der Waals surface area contributed by atoms with E-state index in [-0.39, 0.29) is 11.7 Å². The van der Waals surface area contributed by atoms with Gasteiger partial charge in [-0.05, 0) is 79.8 Å². The maximum Gasteiger partial charge on any atom is 0.257 e. The molecule has 0 bridgehead atoms. The second-order valence-electron chi connectivity index (χ2n) is 7.67. The number of hydrogen-bond donors (Lipinski definition) is 1. The molecule has 3 nitrogen and oxygen atoms in total. The van der Waals surface area contributed by atoms with E-state index in [2.05, 4.69) is 18.3 Å². The third-order valence-electron chi connectivity index (χ3n) is 5.40. The van der Waals surface area contributed by atoms with Crippen LogP contribution in [0.15, 0.2) is 66.2 Å². The Labute approximate surface area is 181 Å². The smallest absolute Gasteiger partial charge is 0.257 e. The van der Waals surface area contributed by atoms with Crippen molar-refractivity contribution in [1.82, 2.24) is 0 Å². The molecule has 0 heterocycles. The molecule has 0 saturated carbocycles. The molecule has 0 aromatic heterocycles. The monoisotopic (exact) mass is 415 g/mol. The number of ketones is 1. The number of anilines is 1. The molecule has 0 unspecified atom stereocenters. The van der Waals surface area contributed by atoms with Crippen molar-refractivity contribution in [2.75, 3.05) is 5.32 Å². The number of carbonyl (C=O) groups is 2. The molecule has 4 heteroatoms. The fourth-order valence-electron chi connectivity index (χ4n) is 3.97. The summed E-state index contributed by atoms with van der Waals surface area (Å²) in [6, 6.07) is 18.5. The van der Waals surface area contributed by atoms with Crippen molar-refractivity contribution in [3.8, 4) is 0 Å². The van der Waals surface area contributed by atoms with Gasteiger partial charge in [0.05, 0.1) is 10.6 Å². The second-order valence-corrected chi connectivity index (χ2v) is 8.07. The SMILES string of the molecule is Cc1cc(C)c2c(c1)C(=O)/C(=C/c1cccc(NC(=O)c3ccccc3Cl)c1)CC2. The van der Waals surface area contributed by atoms with E-state index in [1.54, 1.807) is 24.3 Å². The van der Waals surface area contributed by atoms with E-state index < -0.39 is 0 Å². The number of hydrogen-bond acceptors (Lipinski definition) is 2. The van der Waals surface area contributed by atoms with Gasteiger partial charge >= 0.3 is 0 Å². The van der Waals surface area contributed by atoms with E-state index in [9.17, 15) is 9.59 Å². The molecular weight excluding hydrogens is 394 g/mol. The lowest BCUT2D eigenvalue weighted by Crippen LogP contribution is -2.15. The van der Waals surface area contributed by atoms with Crippen LogP contribution in [0.3, 0.4) is 0 Å². The van der Waals surface area contributed by atoms with Crippen molar-refractivity contribution in [3.63, 3.8) is 0 Å². The highest BCUT2D eigenvalue weighted by Gasteiger charge is 2.23. The minimum Gasteiger partial charge on any atom is -0.322 e. The van der Waals surface area contributed by atoms with E-state index in [0.29, 0.717) is 22.7 Å². The highest BCUT2D eigenvalue weighted by Crippen LogP contribution is 2.30. The topological polar surface area (TPSA) is 46.2 Å². The first-order chi connectivity index (χ1) is 14.4. The average molecular weight is 416 g/mol. The van der Waals surface area contributed by atoms with Crippen molar-refractivity contribution in [2.45, 2.75) is 26.7 Å². The Kier molecular flexibility index (Phi) is 5.56. The number of fused-ring (bicyclic) bond motifs is 1. The molecule has 150 valence electrons. The predicted molar refractivity (Wildman–Crippen MR) is 122 cm³/mol. The zero-order valence-electron chi connectivity index (χ0n) is 17.0. The van der Waals surface area contributed by atoms with Crippen LogP contribution in [0.1, 0.15) is 49.4 Å². The van der Waals surface area contributed by atoms with Crippen molar-refractivity contribution in [3.05, 3.63) is 105 Å². The first-order valence-electron chi connectivity index (χ1n) is 9.94. The van der Waals surface area contributed by atoms with Crippen molar-refractivity contribution < 1.29 is 9.59 Å². The molecule has 1 amide bonds. The molecule has 3 aromatic rings. The number of allylic oxidation sites excluding steroid dienone is 1. The van der Waals surface area contributed by atoms with Crippen molar-refractivity contribution in [2.24, 2.45) is 0 Å². The van der Waals surface area contributed by atoms with Crippen LogP contribution in [0.2, 0.25) is 5.02 Å². The van der Waals surface area contributed by atoms with Gasteiger partial charge in [0.25, 0.3) is 5.91 Å². The molecule has 1 N–H and O–H groups in total. The van der Waals surface area contributed by atoms with Gasteiger partial charge in [0, 0.05) is 16.8 Å². The Hall–Kier alpha value is -3.17. The van der Waals surface area contributed by atoms with Gasteiger partial charge in [-0.2, -0.15) is 0 Å². The van der Waals surface area contributed by atoms with E-state index in [4.69, 9.17) is 11.6 Å². The van der Waals surface area contributed by atoms with E-state index >= 15 is 0 Å². The quantitative estimate of drug-likeness (QED) is 0.501. The van der Waals surface area contributed by atoms with Gasteiger partial charge in [-0.3, -0.25) is 9.59 Å². The summed E-state index contributed by atoms with van der Waals surface area (Å²) in [5, 5.41) is 3.29. The Bertz CT molecular complexity index is 1190. The molecule has 4 rings (SSSR count). The molecule has 30 heavy (non-hydrogen) atoms. The van der Waals surface area contributed by atoms with E-state index in [1.807, 2.05) is 43.3 Å². The zero-order chi connectivity index (χ0) is 21.3. The summed E-state index contributed by atoms with van der Waals surface area (Å²) in [6.45, 7) is 4.09. The number of carbonyl (C=O) groups excluding carboxylic acids is 2. The standard InChI is InChI=1S/C26H22ClNO2/c1-16-12-17(2)21-11-10-19(25(29)23(21)13-16)14-18-6-5-7-20(15-18)28-26(30)22-8-3-4-9-24(22)27/h3-9,12-15H,10-11H2,1-2H3,(H,28,30)/b19-14+. The molecule has 0 fully saturated rings. The number of rotatable bonds is 3. The van der Waals surface area contributed by atoms with Crippen LogP contribution in [-0.2, 0) is 6.42 Å². The lowest BCUT2D eigenvalue weighted by molar-refractivity contribution is 0.101. The van der Waals surface area contributed by atoms with Gasteiger partial charge in [0.2, 0.25) is 0 Å². The summed E-state index contributed by atoms with van der Waals surface area (Å²) < 4.78 is 0. The van der Waals surface area contributed by atoms with Crippen LogP contribution < -0.4 is 5.32 Å². The number of halogens is 1. The summed E-state index contributed by atoms with van der Waals surface area (Å²) in [5.41, 5.74) is 7.01. The first-order valence-corrected chi connectivity index (χ1v) is 10.3. The Morgan fingerprint density at radius 3 is 2.60 bits per heavy atom. The number of nitrogens with one attached hydrogen (secondary N) is 1. The minimum atomic E-state index is -0.265. The molecule has 0 radical (unpaired) electrons. The highest BCUT2D eigenvalue weighted by atomic mass is 35.5. The van der Waals surface area contributed by atoms with Crippen LogP contribution >= 0.6 is 11.6 Å². The largest absolute Gasteiger partial charge is 0.322 e. The molecule has 1 aliphatic carbocycles. The maximum atomic E-state index is 13.1. The van der Waals surface area contributed by atoms with Gasteiger partial charge in [0.15, 0.2) is 5.78 Å². The van der Waals surface area contributed by atoms with Crippen molar-refractivity contribution >= 4 is 35.1 Å². The highest BCUT2D eigenvalue weighted by molar-refractivity contribution is 6.34. The number of benzene rings is 3. The van der Waals surface area contributed by atoms with E-state index in [1.165, 1.54) is 5.56 Å². The molecule has 0 atom stereocenters. The zero-order valence-corrected chi connectivity index (χ0v) is 17.7. The third-order valence-corrected chi connectivity index (χ3v) is 5.73. The maximum absolute atomic E-state index is 13.1.